The van der Waals surface area contributed by atoms with Crippen molar-refractivity contribution in [1.82, 2.24) is 5.32 Å². The number of methoxy groups -OCH3 is 1. The summed E-state index contributed by atoms with van der Waals surface area (Å²) in [5.74, 6) is -0.378. The number of halogens is 1. The second-order valence-corrected chi connectivity index (χ2v) is 5.70. The van der Waals surface area contributed by atoms with Crippen LogP contribution in [-0.4, -0.2) is 30.8 Å². The lowest BCUT2D eigenvalue weighted by Gasteiger charge is -2.19. The molecule has 2 amide bonds. The van der Waals surface area contributed by atoms with Crippen LogP contribution in [0, 0.1) is 5.41 Å². The normalized spacial score (nSPS) is 10.8. The van der Waals surface area contributed by atoms with Gasteiger partial charge in [0, 0.05) is 18.3 Å². The number of carbonyl (C=O) groups is 2. The number of amides is 2. The third-order valence-corrected chi connectivity index (χ3v) is 3.33. The van der Waals surface area contributed by atoms with Crippen LogP contribution in [0.5, 0.6) is 5.75 Å². The molecule has 0 fully saturated rings. The zero-order chi connectivity index (χ0) is 15.3. The minimum absolute atomic E-state index is 0.0296. The SMILES string of the molecule is COc1cc(NC(=O)NCC(C)(C)C(=O)O)ccc1Br. The minimum Gasteiger partial charge on any atom is -0.495 e. The molecule has 1 aromatic carbocycles. The lowest BCUT2D eigenvalue weighted by Crippen LogP contribution is -2.40. The summed E-state index contributed by atoms with van der Waals surface area (Å²) < 4.78 is 5.89. The monoisotopic (exact) mass is 344 g/mol. The number of hydrogen-bond acceptors (Lipinski definition) is 3. The molecule has 6 nitrogen and oxygen atoms in total. The van der Waals surface area contributed by atoms with E-state index in [9.17, 15) is 9.59 Å². The molecule has 1 rings (SSSR count). The van der Waals surface area contributed by atoms with Crippen LogP contribution in [0.2, 0.25) is 0 Å². The standard InChI is InChI=1S/C13H17BrN2O4/c1-13(2,11(17)18)7-15-12(19)16-8-4-5-9(14)10(6-8)20-3/h4-6H,7H2,1-3H3,(H,17,18)(H2,15,16,19). The van der Waals surface area contributed by atoms with Gasteiger partial charge in [0.2, 0.25) is 0 Å². The number of benzene rings is 1. The highest BCUT2D eigenvalue weighted by Crippen LogP contribution is 2.27. The molecule has 0 saturated carbocycles. The van der Waals surface area contributed by atoms with E-state index in [1.807, 2.05) is 0 Å². The number of carboxylic acids is 1. The maximum atomic E-state index is 11.7. The molecule has 0 aromatic heterocycles. The van der Waals surface area contributed by atoms with Crippen LogP contribution < -0.4 is 15.4 Å². The Bertz CT molecular complexity index is 517. The molecule has 20 heavy (non-hydrogen) atoms. The Kier molecular flexibility index (Phi) is 5.38. The van der Waals surface area contributed by atoms with E-state index < -0.39 is 17.4 Å². The number of ether oxygens (including phenoxy) is 1. The molecule has 3 N–H and O–H groups in total. The van der Waals surface area contributed by atoms with Gasteiger partial charge in [-0.25, -0.2) is 4.79 Å². The van der Waals surface area contributed by atoms with Crippen LogP contribution in [0.1, 0.15) is 13.8 Å². The van der Waals surface area contributed by atoms with Crippen molar-refractivity contribution in [2.24, 2.45) is 5.41 Å². The Hall–Kier alpha value is -1.76. The highest BCUT2D eigenvalue weighted by molar-refractivity contribution is 9.10. The van der Waals surface area contributed by atoms with Crippen LogP contribution in [-0.2, 0) is 4.79 Å². The highest BCUT2D eigenvalue weighted by atomic mass is 79.9. The molecule has 7 heteroatoms. The van der Waals surface area contributed by atoms with Gasteiger partial charge < -0.3 is 20.5 Å². The Balaban J connectivity index is 2.61. The predicted molar refractivity (Wildman–Crippen MR) is 79.1 cm³/mol. The third-order valence-electron chi connectivity index (χ3n) is 2.68. The van der Waals surface area contributed by atoms with Crippen molar-refractivity contribution in [2.45, 2.75) is 13.8 Å². The van der Waals surface area contributed by atoms with Gasteiger partial charge in [-0.15, -0.1) is 0 Å². The van der Waals surface area contributed by atoms with Gasteiger partial charge in [0.25, 0.3) is 0 Å². The first kappa shape index (κ1) is 16.3. The van der Waals surface area contributed by atoms with Crippen LogP contribution in [0.15, 0.2) is 22.7 Å². The molecule has 0 heterocycles. The van der Waals surface area contributed by atoms with Crippen LogP contribution in [0.3, 0.4) is 0 Å². The molecule has 0 unspecified atom stereocenters. The first-order valence-electron chi connectivity index (χ1n) is 5.88. The topological polar surface area (TPSA) is 87.7 Å². The van der Waals surface area contributed by atoms with Gasteiger partial charge in [0.05, 0.1) is 17.0 Å². The van der Waals surface area contributed by atoms with E-state index in [1.54, 1.807) is 18.2 Å². The van der Waals surface area contributed by atoms with Gasteiger partial charge in [-0.3, -0.25) is 4.79 Å². The predicted octanol–water partition coefficient (Wildman–Crippen LogP) is 2.69. The van der Waals surface area contributed by atoms with Crippen molar-refractivity contribution >= 4 is 33.6 Å². The molecule has 0 aliphatic rings. The number of anilines is 1. The Morgan fingerprint density at radius 3 is 2.60 bits per heavy atom. The van der Waals surface area contributed by atoms with Crippen molar-refractivity contribution in [3.8, 4) is 5.75 Å². The number of carboxylic acid groups (broad SMARTS) is 1. The van der Waals surface area contributed by atoms with Crippen molar-refractivity contribution in [3.63, 3.8) is 0 Å². The number of aliphatic carboxylic acids is 1. The van der Waals surface area contributed by atoms with Gasteiger partial charge in [-0.1, -0.05) is 0 Å². The van der Waals surface area contributed by atoms with E-state index in [4.69, 9.17) is 9.84 Å². The van der Waals surface area contributed by atoms with E-state index >= 15 is 0 Å². The molecule has 0 atom stereocenters. The number of rotatable bonds is 5. The van der Waals surface area contributed by atoms with Crippen molar-refractivity contribution in [2.75, 3.05) is 19.0 Å². The first-order valence-corrected chi connectivity index (χ1v) is 6.67. The molecule has 0 radical (unpaired) electrons. The smallest absolute Gasteiger partial charge is 0.319 e. The van der Waals surface area contributed by atoms with Gasteiger partial charge in [-0.05, 0) is 41.9 Å². The van der Waals surface area contributed by atoms with Crippen molar-refractivity contribution < 1.29 is 19.4 Å². The lowest BCUT2D eigenvalue weighted by molar-refractivity contribution is -0.146. The number of nitrogens with one attached hydrogen (secondary N) is 2. The van der Waals surface area contributed by atoms with E-state index in [0.717, 1.165) is 4.47 Å². The molecular weight excluding hydrogens is 328 g/mol. The molecular formula is C13H17BrN2O4. The maximum absolute atomic E-state index is 11.7. The molecule has 0 aliphatic heterocycles. The fourth-order valence-corrected chi connectivity index (χ4v) is 1.70. The summed E-state index contributed by atoms with van der Waals surface area (Å²) in [5.41, 5.74) is -0.468. The van der Waals surface area contributed by atoms with Crippen molar-refractivity contribution in [3.05, 3.63) is 22.7 Å². The average molecular weight is 345 g/mol. The lowest BCUT2D eigenvalue weighted by atomic mass is 9.94. The number of urea groups is 1. The van der Waals surface area contributed by atoms with E-state index in [-0.39, 0.29) is 6.54 Å². The second kappa shape index (κ2) is 6.60. The molecule has 0 bridgehead atoms. The summed E-state index contributed by atoms with van der Waals surface area (Å²) in [4.78, 5) is 22.6. The Morgan fingerprint density at radius 1 is 1.40 bits per heavy atom. The molecule has 110 valence electrons. The minimum atomic E-state index is -1.02. The Labute approximate surface area is 125 Å². The van der Waals surface area contributed by atoms with Gasteiger partial charge in [0.1, 0.15) is 5.75 Å². The number of hydrogen-bond donors (Lipinski definition) is 3. The van der Waals surface area contributed by atoms with E-state index in [2.05, 4.69) is 26.6 Å². The zero-order valence-electron chi connectivity index (χ0n) is 11.5. The van der Waals surface area contributed by atoms with Gasteiger partial charge in [-0.2, -0.15) is 0 Å². The van der Waals surface area contributed by atoms with E-state index in [1.165, 1.54) is 21.0 Å². The quantitative estimate of drug-likeness (QED) is 0.766. The molecule has 1 aromatic rings. The fraction of sp³-hybridized carbons (Fsp3) is 0.385. The number of carbonyl (C=O) groups excluding carboxylic acids is 1. The zero-order valence-corrected chi connectivity index (χ0v) is 13.1. The van der Waals surface area contributed by atoms with Crippen molar-refractivity contribution in [1.29, 1.82) is 0 Å². The average Bonchev–Trinajstić information content (AvgIpc) is 2.38. The van der Waals surface area contributed by atoms with Gasteiger partial charge in [0.15, 0.2) is 0 Å². The third kappa shape index (κ3) is 4.41. The van der Waals surface area contributed by atoms with Crippen LogP contribution >= 0.6 is 15.9 Å². The fourth-order valence-electron chi connectivity index (χ4n) is 1.29. The highest BCUT2D eigenvalue weighted by Gasteiger charge is 2.27. The first-order chi connectivity index (χ1) is 9.26. The summed E-state index contributed by atoms with van der Waals surface area (Å²) >= 11 is 3.31. The van der Waals surface area contributed by atoms with Crippen LogP contribution in [0.25, 0.3) is 0 Å². The molecule has 0 spiro atoms. The van der Waals surface area contributed by atoms with Crippen LogP contribution in [0.4, 0.5) is 10.5 Å². The summed E-state index contributed by atoms with van der Waals surface area (Å²) in [7, 11) is 1.53. The second-order valence-electron chi connectivity index (χ2n) is 4.85. The summed E-state index contributed by atoms with van der Waals surface area (Å²) in [6.45, 7) is 3.11. The Morgan fingerprint density at radius 2 is 2.05 bits per heavy atom. The maximum Gasteiger partial charge on any atom is 0.319 e. The summed E-state index contributed by atoms with van der Waals surface area (Å²) in [6, 6.07) is 4.64. The summed E-state index contributed by atoms with van der Waals surface area (Å²) in [6.07, 6.45) is 0. The largest absolute Gasteiger partial charge is 0.495 e. The molecule has 0 saturated heterocycles. The van der Waals surface area contributed by atoms with Gasteiger partial charge >= 0.3 is 12.0 Å². The van der Waals surface area contributed by atoms with E-state index in [0.29, 0.717) is 11.4 Å². The summed E-state index contributed by atoms with van der Waals surface area (Å²) in [5, 5.41) is 14.1. The molecule has 0 aliphatic carbocycles.